The third-order valence-electron chi connectivity index (χ3n) is 4.10. The zero-order valence-corrected chi connectivity index (χ0v) is 14.9. The van der Waals surface area contributed by atoms with E-state index in [0.29, 0.717) is 18.7 Å². The molecule has 0 fully saturated rings. The van der Waals surface area contributed by atoms with E-state index in [-0.39, 0.29) is 5.91 Å². The molecule has 4 nitrogen and oxygen atoms in total. The summed E-state index contributed by atoms with van der Waals surface area (Å²) in [6, 6.07) is 13.7. The monoisotopic (exact) mass is 340 g/mol. The zero-order valence-electron chi connectivity index (χ0n) is 14.1. The van der Waals surface area contributed by atoms with Gasteiger partial charge in [-0.05, 0) is 36.8 Å². The molecule has 0 atom stereocenters. The van der Waals surface area contributed by atoms with Gasteiger partial charge in [0, 0.05) is 29.8 Å². The van der Waals surface area contributed by atoms with Crippen LogP contribution in [0.15, 0.2) is 47.5 Å². The predicted octanol–water partition coefficient (Wildman–Crippen LogP) is 3.71. The maximum Gasteiger partial charge on any atom is 0.279 e. The number of ether oxygens (including phenoxy) is 1. The average molecular weight is 340 g/mol. The molecular formula is C19H20N2O2S. The molecule has 1 aromatic heterocycles. The van der Waals surface area contributed by atoms with Gasteiger partial charge in [0.2, 0.25) is 0 Å². The Kier molecular flexibility index (Phi) is 4.92. The van der Waals surface area contributed by atoms with Crippen molar-refractivity contribution in [3.63, 3.8) is 0 Å². The number of hydrogen-bond acceptors (Lipinski definition) is 3. The molecule has 0 aliphatic carbocycles. The van der Waals surface area contributed by atoms with Gasteiger partial charge in [-0.15, -0.1) is 11.3 Å². The van der Waals surface area contributed by atoms with Crippen molar-refractivity contribution < 1.29 is 9.53 Å². The highest BCUT2D eigenvalue weighted by Crippen LogP contribution is 2.16. The van der Waals surface area contributed by atoms with Crippen LogP contribution in [0.4, 0.5) is 0 Å². The Labute approximate surface area is 145 Å². The summed E-state index contributed by atoms with van der Waals surface area (Å²) in [5.74, 6) is -0.215. The summed E-state index contributed by atoms with van der Waals surface area (Å²) in [5.41, 5.74) is 1.73. The Morgan fingerprint density at radius 2 is 1.92 bits per heavy atom. The molecule has 0 saturated carbocycles. The molecule has 3 aromatic rings. The van der Waals surface area contributed by atoms with Gasteiger partial charge in [-0.1, -0.05) is 30.3 Å². The van der Waals surface area contributed by atoms with Crippen molar-refractivity contribution in [1.82, 2.24) is 4.57 Å². The van der Waals surface area contributed by atoms with Gasteiger partial charge in [-0.3, -0.25) is 4.79 Å². The lowest BCUT2D eigenvalue weighted by Crippen LogP contribution is -2.20. The van der Waals surface area contributed by atoms with Crippen molar-refractivity contribution in [3.8, 4) is 0 Å². The number of carbonyl (C=O) groups excluding carboxylic acids is 1. The first-order valence-corrected chi connectivity index (χ1v) is 8.65. The molecule has 0 bridgehead atoms. The molecule has 0 saturated heterocycles. The van der Waals surface area contributed by atoms with Gasteiger partial charge in [0.05, 0.1) is 6.61 Å². The van der Waals surface area contributed by atoms with E-state index in [1.54, 1.807) is 7.11 Å². The predicted molar refractivity (Wildman–Crippen MR) is 97.5 cm³/mol. The molecule has 0 N–H and O–H groups in total. The Hall–Kier alpha value is -2.24. The first kappa shape index (κ1) is 16.6. The molecule has 0 unspecified atom stereocenters. The van der Waals surface area contributed by atoms with Crippen molar-refractivity contribution in [2.24, 2.45) is 4.99 Å². The topological polar surface area (TPSA) is 43.6 Å². The minimum absolute atomic E-state index is 0.215. The van der Waals surface area contributed by atoms with Crippen molar-refractivity contribution >= 4 is 28.0 Å². The van der Waals surface area contributed by atoms with Crippen molar-refractivity contribution in [2.75, 3.05) is 13.7 Å². The third-order valence-corrected chi connectivity index (χ3v) is 5.20. The summed E-state index contributed by atoms with van der Waals surface area (Å²) in [6.07, 6.45) is 0. The highest BCUT2D eigenvalue weighted by atomic mass is 32.1. The fourth-order valence-electron chi connectivity index (χ4n) is 2.60. The summed E-state index contributed by atoms with van der Waals surface area (Å²) in [6.45, 7) is 5.37. The van der Waals surface area contributed by atoms with Gasteiger partial charge in [-0.25, -0.2) is 0 Å². The minimum atomic E-state index is -0.215. The summed E-state index contributed by atoms with van der Waals surface area (Å²) < 4.78 is 7.20. The van der Waals surface area contributed by atoms with Crippen molar-refractivity contribution in [2.45, 2.75) is 20.4 Å². The number of fused-ring (bicyclic) bond motifs is 1. The lowest BCUT2D eigenvalue weighted by atomic mass is 10.1. The average Bonchev–Trinajstić information content (AvgIpc) is 2.86. The second-order valence-corrected chi connectivity index (χ2v) is 6.83. The van der Waals surface area contributed by atoms with E-state index in [4.69, 9.17) is 4.74 Å². The zero-order chi connectivity index (χ0) is 17.1. The number of nitrogens with zero attached hydrogens (tertiary/aromatic N) is 2. The number of amides is 1. The maximum atomic E-state index is 12.6. The van der Waals surface area contributed by atoms with Crippen LogP contribution in [-0.2, 0) is 11.3 Å². The van der Waals surface area contributed by atoms with Gasteiger partial charge >= 0.3 is 0 Å². The van der Waals surface area contributed by atoms with E-state index in [0.717, 1.165) is 26.1 Å². The van der Waals surface area contributed by atoms with Gasteiger partial charge < -0.3 is 9.30 Å². The van der Waals surface area contributed by atoms with Crippen LogP contribution in [0.25, 0.3) is 10.8 Å². The Morgan fingerprint density at radius 3 is 2.67 bits per heavy atom. The number of aryl methyl sites for hydroxylation is 1. The molecule has 0 aliphatic rings. The lowest BCUT2D eigenvalue weighted by molar-refractivity contribution is 0.0997. The molecule has 24 heavy (non-hydrogen) atoms. The van der Waals surface area contributed by atoms with Gasteiger partial charge in [-0.2, -0.15) is 4.99 Å². The fraction of sp³-hybridized carbons (Fsp3) is 0.263. The molecule has 1 heterocycles. The molecule has 2 aromatic carbocycles. The van der Waals surface area contributed by atoms with Gasteiger partial charge in [0.15, 0.2) is 4.80 Å². The van der Waals surface area contributed by atoms with Crippen LogP contribution in [-0.4, -0.2) is 24.2 Å². The van der Waals surface area contributed by atoms with Crippen molar-refractivity contribution in [3.05, 3.63) is 63.4 Å². The Bertz CT molecular complexity index is 953. The van der Waals surface area contributed by atoms with Crippen LogP contribution in [0.2, 0.25) is 0 Å². The van der Waals surface area contributed by atoms with Crippen LogP contribution in [0, 0.1) is 13.8 Å². The standard InChI is InChI=1S/C19H20N2O2S/c1-13-14(2)24-19(21(13)10-11-23-3)20-18(22)17-9-8-15-6-4-5-7-16(15)12-17/h4-9,12H,10-11H2,1-3H3. The molecule has 0 aliphatic heterocycles. The summed E-state index contributed by atoms with van der Waals surface area (Å²) >= 11 is 1.54. The molecule has 5 heteroatoms. The van der Waals surface area contributed by atoms with Crippen LogP contribution in [0.5, 0.6) is 0 Å². The second kappa shape index (κ2) is 7.11. The smallest absolute Gasteiger partial charge is 0.279 e. The molecule has 0 spiro atoms. The van der Waals surface area contributed by atoms with Gasteiger partial charge in [0.25, 0.3) is 5.91 Å². The Morgan fingerprint density at radius 1 is 1.17 bits per heavy atom. The maximum absolute atomic E-state index is 12.6. The number of carbonyl (C=O) groups is 1. The first-order chi connectivity index (χ1) is 11.6. The highest BCUT2D eigenvalue weighted by Gasteiger charge is 2.10. The minimum Gasteiger partial charge on any atom is -0.383 e. The van der Waals surface area contributed by atoms with E-state index in [1.807, 2.05) is 60.9 Å². The molecular weight excluding hydrogens is 320 g/mol. The molecule has 124 valence electrons. The SMILES string of the molecule is COCCn1c(C)c(C)sc1=NC(=O)c1ccc2ccccc2c1. The molecule has 3 rings (SSSR count). The summed E-state index contributed by atoms with van der Waals surface area (Å²) in [5, 5.41) is 2.16. The highest BCUT2D eigenvalue weighted by molar-refractivity contribution is 7.09. The third kappa shape index (κ3) is 3.32. The number of rotatable bonds is 4. The number of thiazole rings is 1. The van der Waals surface area contributed by atoms with E-state index in [1.165, 1.54) is 11.3 Å². The Balaban J connectivity index is 2.00. The van der Waals surface area contributed by atoms with Gasteiger partial charge in [0.1, 0.15) is 0 Å². The van der Waals surface area contributed by atoms with Crippen LogP contribution < -0.4 is 4.80 Å². The van der Waals surface area contributed by atoms with Crippen LogP contribution >= 0.6 is 11.3 Å². The lowest BCUT2D eigenvalue weighted by Gasteiger charge is -2.05. The number of aromatic nitrogens is 1. The van der Waals surface area contributed by atoms with Crippen LogP contribution in [0.1, 0.15) is 20.9 Å². The summed E-state index contributed by atoms with van der Waals surface area (Å²) in [7, 11) is 1.67. The van der Waals surface area contributed by atoms with Crippen LogP contribution in [0.3, 0.4) is 0 Å². The van der Waals surface area contributed by atoms with E-state index in [2.05, 4.69) is 4.99 Å². The van der Waals surface area contributed by atoms with Crippen molar-refractivity contribution in [1.29, 1.82) is 0 Å². The normalized spacial score (nSPS) is 12.0. The van der Waals surface area contributed by atoms with E-state index in [9.17, 15) is 4.79 Å². The van der Waals surface area contributed by atoms with E-state index < -0.39 is 0 Å². The second-order valence-electron chi connectivity index (χ2n) is 5.65. The largest absolute Gasteiger partial charge is 0.383 e. The molecule has 1 amide bonds. The number of hydrogen-bond donors (Lipinski definition) is 0. The number of benzene rings is 2. The fourth-order valence-corrected chi connectivity index (χ4v) is 3.60. The first-order valence-electron chi connectivity index (χ1n) is 7.84. The van der Waals surface area contributed by atoms with E-state index >= 15 is 0 Å². The number of methoxy groups -OCH3 is 1. The molecule has 0 radical (unpaired) electrons. The quantitative estimate of drug-likeness (QED) is 0.727. The summed E-state index contributed by atoms with van der Waals surface area (Å²) in [4.78, 5) is 18.8.